The van der Waals surface area contributed by atoms with Crippen molar-refractivity contribution in [2.45, 2.75) is 18.9 Å². The Morgan fingerprint density at radius 3 is 2.65 bits per heavy atom. The Balaban J connectivity index is 2.25. The van der Waals surface area contributed by atoms with Gasteiger partial charge in [-0.25, -0.2) is 4.79 Å². The molecule has 2 N–H and O–H groups in total. The average molecular weight is 279 g/mol. The van der Waals surface area contributed by atoms with Crippen molar-refractivity contribution >= 4 is 17.3 Å². The lowest BCUT2D eigenvalue weighted by molar-refractivity contribution is -0.384. The topological polar surface area (TPSA) is 95.7 Å². The minimum Gasteiger partial charge on any atom is -0.477 e. The summed E-state index contributed by atoms with van der Waals surface area (Å²) in [5.74, 6) is -1.29. The Kier molecular flexibility index (Phi) is 4.19. The summed E-state index contributed by atoms with van der Waals surface area (Å²) in [6, 6.07) is 4.46. The van der Waals surface area contributed by atoms with E-state index in [1.54, 1.807) is 6.07 Å². The monoisotopic (exact) mass is 279 g/mol. The van der Waals surface area contributed by atoms with Crippen molar-refractivity contribution in [3.63, 3.8) is 0 Å². The first-order valence-electron chi connectivity index (χ1n) is 6.45. The molecule has 0 bridgehead atoms. The van der Waals surface area contributed by atoms with E-state index >= 15 is 0 Å². The molecule has 1 aliphatic rings. The number of carboxylic acid groups (broad SMARTS) is 1. The van der Waals surface area contributed by atoms with E-state index in [1.807, 2.05) is 7.05 Å². The minimum absolute atomic E-state index is 0.133. The van der Waals surface area contributed by atoms with Crippen LogP contribution in [0.4, 0.5) is 11.4 Å². The largest absolute Gasteiger partial charge is 0.477 e. The summed E-state index contributed by atoms with van der Waals surface area (Å²) in [6.45, 7) is 1.84. The zero-order valence-corrected chi connectivity index (χ0v) is 11.2. The number of aromatic carboxylic acids is 1. The van der Waals surface area contributed by atoms with Crippen LogP contribution in [0.25, 0.3) is 0 Å². The molecule has 0 aromatic heterocycles. The van der Waals surface area contributed by atoms with Crippen LogP contribution in [0.2, 0.25) is 0 Å². The van der Waals surface area contributed by atoms with Gasteiger partial charge in [0.15, 0.2) is 0 Å². The molecule has 108 valence electrons. The Bertz CT molecular complexity index is 524. The molecule has 0 unspecified atom stereocenters. The highest BCUT2D eigenvalue weighted by Crippen LogP contribution is 2.30. The number of carbonyl (C=O) groups is 1. The third-order valence-corrected chi connectivity index (χ3v) is 3.53. The first-order chi connectivity index (χ1) is 9.49. The molecular formula is C13H17N3O4. The average Bonchev–Trinajstić information content (AvgIpc) is 2.40. The number of nitrogens with zero attached hydrogens (tertiary/aromatic N) is 2. The Hall–Kier alpha value is -2.15. The number of nitrogens with one attached hydrogen (secondary N) is 1. The third kappa shape index (κ3) is 3.05. The minimum atomic E-state index is -1.29. The second kappa shape index (κ2) is 5.87. The van der Waals surface area contributed by atoms with Crippen molar-refractivity contribution < 1.29 is 14.8 Å². The lowest BCUT2D eigenvalue weighted by atomic mass is 10.0. The molecule has 0 atom stereocenters. The van der Waals surface area contributed by atoms with Gasteiger partial charge in [0.2, 0.25) is 0 Å². The van der Waals surface area contributed by atoms with Crippen LogP contribution in [0.1, 0.15) is 23.2 Å². The number of piperidine rings is 1. The van der Waals surface area contributed by atoms with Gasteiger partial charge in [-0.2, -0.15) is 0 Å². The van der Waals surface area contributed by atoms with Crippen molar-refractivity contribution in [3.8, 4) is 0 Å². The number of hydrogen-bond donors (Lipinski definition) is 2. The Morgan fingerprint density at radius 2 is 2.10 bits per heavy atom. The molecule has 7 heteroatoms. The molecule has 2 rings (SSSR count). The summed E-state index contributed by atoms with van der Waals surface area (Å²) >= 11 is 0. The van der Waals surface area contributed by atoms with Crippen molar-refractivity contribution in [2.75, 3.05) is 25.5 Å². The van der Waals surface area contributed by atoms with E-state index in [0.717, 1.165) is 25.9 Å². The number of carboxylic acids is 1. The number of nitro benzene ring substituents is 1. The van der Waals surface area contributed by atoms with Gasteiger partial charge in [-0.1, -0.05) is 6.07 Å². The van der Waals surface area contributed by atoms with Crippen LogP contribution in [0, 0.1) is 10.1 Å². The Labute approximate surface area is 116 Å². The number of rotatable bonds is 4. The molecule has 1 heterocycles. The fourth-order valence-electron chi connectivity index (χ4n) is 2.40. The SMILES string of the molecule is CN1CCC(Nc2cccc(C(=O)O)c2[N+](=O)[O-])CC1. The van der Waals surface area contributed by atoms with E-state index in [4.69, 9.17) is 5.11 Å². The lowest BCUT2D eigenvalue weighted by Crippen LogP contribution is -2.36. The maximum absolute atomic E-state index is 11.1. The van der Waals surface area contributed by atoms with Gasteiger partial charge in [-0.05, 0) is 45.1 Å². The maximum atomic E-state index is 11.1. The van der Waals surface area contributed by atoms with Crippen LogP contribution in [-0.4, -0.2) is 47.1 Å². The number of hydrogen-bond acceptors (Lipinski definition) is 5. The highest BCUT2D eigenvalue weighted by molar-refractivity contribution is 5.95. The first kappa shape index (κ1) is 14.3. The zero-order valence-electron chi connectivity index (χ0n) is 11.2. The van der Waals surface area contributed by atoms with Crippen molar-refractivity contribution in [2.24, 2.45) is 0 Å². The molecule has 0 amide bonds. The van der Waals surface area contributed by atoms with E-state index in [-0.39, 0.29) is 23.0 Å². The van der Waals surface area contributed by atoms with Crippen LogP contribution in [0.5, 0.6) is 0 Å². The van der Waals surface area contributed by atoms with Gasteiger partial charge in [-0.15, -0.1) is 0 Å². The summed E-state index contributed by atoms with van der Waals surface area (Å²) in [6.07, 6.45) is 1.76. The third-order valence-electron chi connectivity index (χ3n) is 3.53. The number of anilines is 1. The van der Waals surface area contributed by atoms with E-state index in [2.05, 4.69) is 10.2 Å². The molecule has 7 nitrogen and oxygen atoms in total. The lowest BCUT2D eigenvalue weighted by Gasteiger charge is -2.30. The second-order valence-corrected chi connectivity index (χ2v) is 4.99. The zero-order chi connectivity index (χ0) is 14.7. The van der Waals surface area contributed by atoms with Crippen LogP contribution in [-0.2, 0) is 0 Å². The van der Waals surface area contributed by atoms with Crippen LogP contribution < -0.4 is 5.32 Å². The summed E-state index contributed by atoms with van der Waals surface area (Å²) in [5, 5.41) is 23.3. The molecule has 1 aliphatic heterocycles. The standard InChI is InChI=1S/C13H17N3O4/c1-15-7-5-9(6-8-15)14-11-4-2-3-10(13(17)18)12(11)16(19)20/h2-4,9,14H,5-8H2,1H3,(H,17,18). The highest BCUT2D eigenvalue weighted by atomic mass is 16.6. The number of nitro groups is 1. The van der Waals surface area contributed by atoms with Gasteiger partial charge in [0, 0.05) is 6.04 Å². The Morgan fingerprint density at radius 1 is 1.45 bits per heavy atom. The smallest absolute Gasteiger partial charge is 0.342 e. The van der Waals surface area contributed by atoms with Gasteiger partial charge < -0.3 is 15.3 Å². The molecule has 1 aromatic rings. The number of likely N-dealkylation sites (tertiary alicyclic amines) is 1. The first-order valence-corrected chi connectivity index (χ1v) is 6.45. The normalized spacial score (nSPS) is 16.9. The molecule has 0 saturated carbocycles. The molecule has 20 heavy (non-hydrogen) atoms. The van der Waals surface area contributed by atoms with Gasteiger partial charge in [0.25, 0.3) is 0 Å². The number of para-hydroxylation sites is 1. The summed E-state index contributed by atoms with van der Waals surface area (Å²) in [5.41, 5.74) is -0.365. The molecule has 0 radical (unpaired) electrons. The predicted molar refractivity (Wildman–Crippen MR) is 74.2 cm³/mol. The fraction of sp³-hybridized carbons (Fsp3) is 0.462. The van der Waals surface area contributed by atoms with Gasteiger partial charge in [-0.3, -0.25) is 10.1 Å². The maximum Gasteiger partial charge on any atom is 0.342 e. The molecule has 1 fully saturated rings. The van der Waals surface area contributed by atoms with E-state index < -0.39 is 10.9 Å². The summed E-state index contributed by atoms with van der Waals surface area (Å²) in [4.78, 5) is 23.8. The number of benzene rings is 1. The second-order valence-electron chi connectivity index (χ2n) is 4.99. The van der Waals surface area contributed by atoms with Crippen molar-refractivity contribution in [1.82, 2.24) is 4.90 Å². The van der Waals surface area contributed by atoms with Crippen LogP contribution >= 0.6 is 0 Å². The van der Waals surface area contributed by atoms with Crippen molar-refractivity contribution in [1.29, 1.82) is 0 Å². The highest BCUT2D eigenvalue weighted by Gasteiger charge is 2.26. The van der Waals surface area contributed by atoms with Crippen LogP contribution in [0.3, 0.4) is 0 Å². The summed E-state index contributed by atoms with van der Waals surface area (Å²) in [7, 11) is 2.03. The van der Waals surface area contributed by atoms with E-state index in [9.17, 15) is 14.9 Å². The fourth-order valence-corrected chi connectivity index (χ4v) is 2.40. The van der Waals surface area contributed by atoms with Gasteiger partial charge in [0.05, 0.1) is 4.92 Å². The molecular weight excluding hydrogens is 262 g/mol. The van der Waals surface area contributed by atoms with Gasteiger partial charge in [0.1, 0.15) is 11.3 Å². The molecule has 0 spiro atoms. The predicted octanol–water partition coefficient (Wildman–Crippen LogP) is 1.80. The molecule has 1 aromatic carbocycles. The van der Waals surface area contributed by atoms with E-state index in [0.29, 0.717) is 0 Å². The molecule has 1 saturated heterocycles. The van der Waals surface area contributed by atoms with Crippen molar-refractivity contribution in [3.05, 3.63) is 33.9 Å². The van der Waals surface area contributed by atoms with Crippen LogP contribution in [0.15, 0.2) is 18.2 Å². The molecule has 0 aliphatic carbocycles. The van der Waals surface area contributed by atoms with E-state index in [1.165, 1.54) is 12.1 Å². The summed E-state index contributed by atoms with van der Waals surface area (Å²) < 4.78 is 0. The van der Waals surface area contributed by atoms with Gasteiger partial charge >= 0.3 is 11.7 Å². The quantitative estimate of drug-likeness (QED) is 0.644.